The van der Waals surface area contributed by atoms with E-state index in [1.54, 1.807) is 26.8 Å². The van der Waals surface area contributed by atoms with Crippen LogP contribution in [-0.4, -0.2) is 34.5 Å². The molecule has 2 N–H and O–H groups in total. The van der Waals surface area contributed by atoms with E-state index in [2.05, 4.69) is 0 Å². The fourth-order valence-corrected chi connectivity index (χ4v) is 3.32. The van der Waals surface area contributed by atoms with Crippen LogP contribution in [0.2, 0.25) is 0 Å². The molecule has 0 radical (unpaired) electrons. The van der Waals surface area contributed by atoms with Gasteiger partial charge in [0.2, 0.25) is 0 Å². The number of allylic oxidation sites excluding steroid dienone is 1. The highest BCUT2D eigenvalue weighted by Crippen LogP contribution is 2.64. The minimum Gasteiger partial charge on any atom is -0.462 e. The molecule has 4 heteroatoms. The third-order valence-corrected chi connectivity index (χ3v) is 4.72. The van der Waals surface area contributed by atoms with E-state index in [1.165, 1.54) is 0 Å². The lowest BCUT2D eigenvalue weighted by atomic mass is 9.66. The number of hydrogen-bond donors (Lipinski definition) is 2. The Morgan fingerprint density at radius 1 is 1.53 bits per heavy atom. The molecule has 2 atom stereocenters. The molecule has 0 heterocycles. The summed E-state index contributed by atoms with van der Waals surface area (Å²) < 4.78 is 5.09. The largest absolute Gasteiger partial charge is 0.462 e. The number of carbonyl (C=O) groups excluding carboxylic acids is 1. The molecule has 19 heavy (non-hydrogen) atoms. The van der Waals surface area contributed by atoms with E-state index in [0.29, 0.717) is 17.8 Å². The van der Waals surface area contributed by atoms with Crippen LogP contribution in [0.25, 0.3) is 0 Å². The Hall–Kier alpha value is -1.13. The molecule has 0 aromatic carbocycles. The lowest BCUT2D eigenvalue weighted by molar-refractivity contribution is -0.140. The zero-order chi connectivity index (χ0) is 14.4. The highest BCUT2D eigenvalue weighted by molar-refractivity contribution is 5.95. The van der Waals surface area contributed by atoms with Gasteiger partial charge in [-0.3, -0.25) is 0 Å². The summed E-state index contributed by atoms with van der Waals surface area (Å²) in [5.41, 5.74) is 0.0596. The first kappa shape index (κ1) is 14.3. The van der Waals surface area contributed by atoms with Crippen LogP contribution in [-0.2, 0) is 9.53 Å². The molecule has 2 aliphatic rings. The highest BCUT2D eigenvalue weighted by Gasteiger charge is 2.64. The molecule has 1 spiro atoms. The van der Waals surface area contributed by atoms with Gasteiger partial charge >= 0.3 is 5.97 Å². The topological polar surface area (TPSA) is 66.8 Å². The third kappa shape index (κ3) is 1.77. The third-order valence-electron chi connectivity index (χ3n) is 4.72. The van der Waals surface area contributed by atoms with Gasteiger partial charge in [0.1, 0.15) is 11.7 Å². The van der Waals surface area contributed by atoms with Crippen molar-refractivity contribution in [3.05, 3.63) is 22.8 Å². The summed E-state index contributed by atoms with van der Waals surface area (Å²) in [7, 11) is 0. The summed E-state index contributed by atoms with van der Waals surface area (Å²) in [6, 6.07) is 0. The molecule has 0 aromatic rings. The van der Waals surface area contributed by atoms with Crippen LogP contribution in [0.15, 0.2) is 22.8 Å². The lowest BCUT2D eigenvalue weighted by Crippen LogP contribution is -2.53. The van der Waals surface area contributed by atoms with Gasteiger partial charge in [-0.2, -0.15) is 0 Å². The summed E-state index contributed by atoms with van der Waals surface area (Å²) in [5.74, 6) is -0.408. The molecule has 0 amide bonds. The van der Waals surface area contributed by atoms with Crippen LogP contribution >= 0.6 is 0 Å². The van der Waals surface area contributed by atoms with Gasteiger partial charge in [0.05, 0.1) is 12.2 Å². The molecule has 0 aliphatic heterocycles. The van der Waals surface area contributed by atoms with Crippen LogP contribution in [0, 0.1) is 5.41 Å². The Morgan fingerprint density at radius 3 is 2.53 bits per heavy atom. The van der Waals surface area contributed by atoms with Gasteiger partial charge in [-0.15, -0.1) is 0 Å². The number of esters is 1. The van der Waals surface area contributed by atoms with Crippen LogP contribution in [0.1, 0.15) is 40.5 Å². The number of rotatable bonds is 2. The summed E-state index contributed by atoms with van der Waals surface area (Å²) >= 11 is 0. The van der Waals surface area contributed by atoms with Crippen LogP contribution in [0.5, 0.6) is 0 Å². The standard InChI is InChI=1S/C15H22O4/c1-5-10-11(13(17)19-6-2)9(3)15(7-8-15)14(4,18)12(10)16/h5,12,16,18H,6-8H2,1-4H3/b10-5-. The van der Waals surface area contributed by atoms with E-state index in [0.717, 1.165) is 18.4 Å². The minimum absolute atomic E-state index is 0.298. The SMILES string of the molecule is C/C=C1/C(C(=O)OCC)=C(C)C2(CC2)C(C)(O)C1O. The molecular weight excluding hydrogens is 244 g/mol. The summed E-state index contributed by atoms with van der Waals surface area (Å²) in [6.07, 6.45) is 2.22. The van der Waals surface area contributed by atoms with Gasteiger partial charge in [0, 0.05) is 5.41 Å². The molecule has 1 saturated carbocycles. The predicted molar refractivity (Wildman–Crippen MR) is 71.4 cm³/mol. The molecule has 2 aliphatic carbocycles. The van der Waals surface area contributed by atoms with Crippen molar-refractivity contribution in [1.82, 2.24) is 0 Å². The summed E-state index contributed by atoms with van der Waals surface area (Å²) in [5, 5.41) is 21.1. The quantitative estimate of drug-likeness (QED) is 0.747. The maximum atomic E-state index is 12.1. The number of aliphatic hydroxyl groups is 2. The van der Waals surface area contributed by atoms with Crippen molar-refractivity contribution in [1.29, 1.82) is 0 Å². The van der Waals surface area contributed by atoms with Crippen molar-refractivity contribution in [2.24, 2.45) is 5.41 Å². The molecule has 2 rings (SSSR count). The molecule has 0 saturated heterocycles. The van der Waals surface area contributed by atoms with E-state index in [1.807, 2.05) is 6.92 Å². The van der Waals surface area contributed by atoms with Gasteiger partial charge in [-0.05, 0) is 51.7 Å². The fourth-order valence-electron chi connectivity index (χ4n) is 3.32. The Bertz CT molecular complexity index is 467. The second kappa shape index (κ2) is 4.46. The van der Waals surface area contributed by atoms with Gasteiger partial charge < -0.3 is 14.9 Å². The monoisotopic (exact) mass is 266 g/mol. The van der Waals surface area contributed by atoms with Gasteiger partial charge in [-0.25, -0.2) is 4.79 Å². The number of hydrogen-bond acceptors (Lipinski definition) is 4. The molecule has 0 aromatic heterocycles. The lowest BCUT2D eigenvalue weighted by Gasteiger charge is -2.44. The first-order valence-corrected chi connectivity index (χ1v) is 6.79. The average Bonchev–Trinajstić information content (AvgIpc) is 3.14. The number of ether oxygens (including phenoxy) is 1. The molecule has 1 fully saturated rings. The van der Waals surface area contributed by atoms with Crippen molar-refractivity contribution >= 4 is 5.97 Å². The van der Waals surface area contributed by atoms with E-state index >= 15 is 0 Å². The van der Waals surface area contributed by atoms with E-state index in [9.17, 15) is 15.0 Å². The van der Waals surface area contributed by atoms with Crippen molar-refractivity contribution in [2.75, 3.05) is 6.61 Å². The molecular formula is C15H22O4. The fraction of sp³-hybridized carbons (Fsp3) is 0.667. The number of aliphatic hydroxyl groups excluding tert-OH is 1. The zero-order valence-electron chi connectivity index (χ0n) is 12.0. The van der Waals surface area contributed by atoms with E-state index in [4.69, 9.17) is 4.74 Å². The van der Waals surface area contributed by atoms with Crippen molar-refractivity contribution in [2.45, 2.75) is 52.2 Å². The van der Waals surface area contributed by atoms with Crippen molar-refractivity contribution in [3.8, 4) is 0 Å². The summed E-state index contributed by atoms with van der Waals surface area (Å²) in [6.45, 7) is 7.33. The van der Waals surface area contributed by atoms with Crippen molar-refractivity contribution < 1.29 is 19.7 Å². The predicted octanol–water partition coefficient (Wildman–Crippen LogP) is 1.72. The average molecular weight is 266 g/mol. The Balaban J connectivity index is 2.58. The Morgan fingerprint density at radius 2 is 2.11 bits per heavy atom. The minimum atomic E-state index is -1.23. The van der Waals surface area contributed by atoms with Crippen LogP contribution in [0.3, 0.4) is 0 Å². The molecule has 0 bridgehead atoms. The maximum Gasteiger partial charge on any atom is 0.338 e. The maximum absolute atomic E-state index is 12.1. The van der Waals surface area contributed by atoms with Gasteiger partial charge in [0.25, 0.3) is 0 Å². The van der Waals surface area contributed by atoms with Crippen LogP contribution < -0.4 is 0 Å². The first-order valence-electron chi connectivity index (χ1n) is 6.79. The summed E-state index contributed by atoms with van der Waals surface area (Å²) in [4.78, 5) is 12.1. The second-order valence-electron chi connectivity index (χ2n) is 5.60. The Labute approximate surface area is 113 Å². The van der Waals surface area contributed by atoms with E-state index in [-0.39, 0.29) is 0 Å². The Kier molecular flexibility index (Phi) is 3.35. The highest BCUT2D eigenvalue weighted by atomic mass is 16.5. The van der Waals surface area contributed by atoms with E-state index < -0.39 is 23.1 Å². The molecule has 4 nitrogen and oxygen atoms in total. The second-order valence-corrected chi connectivity index (χ2v) is 5.60. The van der Waals surface area contributed by atoms with Gasteiger partial charge in [-0.1, -0.05) is 6.08 Å². The van der Waals surface area contributed by atoms with Crippen LogP contribution in [0.4, 0.5) is 0 Å². The van der Waals surface area contributed by atoms with Crippen molar-refractivity contribution in [3.63, 3.8) is 0 Å². The normalized spacial score (nSPS) is 34.8. The smallest absolute Gasteiger partial charge is 0.338 e. The number of carbonyl (C=O) groups is 1. The van der Waals surface area contributed by atoms with Gasteiger partial charge in [0.15, 0.2) is 0 Å². The molecule has 2 unspecified atom stereocenters. The molecule has 106 valence electrons. The zero-order valence-corrected chi connectivity index (χ0v) is 12.0. The first-order chi connectivity index (χ1) is 8.83.